The fourth-order valence-corrected chi connectivity index (χ4v) is 0.699. The number of amides is 1. The molecule has 0 bridgehead atoms. The Bertz CT molecular complexity index is 166. The van der Waals surface area contributed by atoms with Crippen molar-refractivity contribution in [2.75, 3.05) is 6.61 Å². The topological polar surface area (TPSA) is 38.3 Å². The van der Waals surface area contributed by atoms with Crippen LogP contribution < -0.4 is 5.48 Å². The first-order valence-corrected chi connectivity index (χ1v) is 3.95. The maximum atomic E-state index is 10.9. The van der Waals surface area contributed by atoms with Crippen LogP contribution in [0.15, 0.2) is 11.6 Å². The summed E-state index contributed by atoms with van der Waals surface area (Å²) in [5, 5.41) is 0. The third-order valence-electron chi connectivity index (χ3n) is 1.39. The summed E-state index contributed by atoms with van der Waals surface area (Å²) in [4.78, 5) is 15.6. The molecule has 11 heavy (non-hydrogen) atoms. The summed E-state index contributed by atoms with van der Waals surface area (Å²) in [6, 6.07) is 0. The molecule has 0 aromatic heterocycles. The molecule has 1 aliphatic rings. The number of nitrogens with one attached hydrogen (secondary N) is 1. The summed E-state index contributed by atoms with van der Waals surface area (Å²) in [6.45, 7) is 0.321. The summed E-state index contributed by atoms with van der Waals surface area (Å²) in [5.74, 6) is 0.169. The van der Waals surface area contributed by atoms with Crippen molar-refractivity contribution in [3.05, 3.63) is 11.6 Å². The van der Waals surface area contributed by atoms with Crippen molar-refractivity contribution in [2.24, 2.45) is 5.92 Å². The molecule has 0 unspecified atom stereocenters. The number of hydrogen-bond donors (Lipinski definition) is 1. The Hall–Kier alpha value is -0.540. The lowest BCUT2D eigenvalue weighted by atomic mass is 10.4. The minimum Gasteiger partial charge on any atom is -0.273 e. The highest BCUT2D eigenvalue weighted by atomic mass is 35.5. The smallest absolute Gasteiger partial charge is 0.246 e. The van der Waals surface area contributed by atoms with E-state index in [0.29, 0.717) is 6.61 Å². The first-order valence-electron chi connectivity index (χ1n) is 3.51. The van der Waals surface area contributed by atoms with E-state index < -0.39 is 0 Å². The van der Waals surface area contributed by atoms with Crippen molar-refractivity contribution < 1.29 is 9.63 Å². The number of hydrogen-bond acceptors (Lipinski definition) is 2. The van der Waals surface area contributed by atoms with Crippen LogP contribution in [0.5, 0.6) is 0 Å². The molecule has 3 nitrogen and oxygen atoms in total. The maximum Gasteiger partial charge on any atom is 0.246 e. The van der Waals surface area contributed by atoms with E-state index in [9.17, 15) is 4.79 Å². The van der Waals surface area contributed by atoms with E-state index in [2.05, 4.69) is 5.48 Å². The van der Waals surface area contributed by atoms with Gasteiger partial charge in [0.1, 0.15) is 0 Å². The van der Waals surface area contributed by atoms with E-state index in [4.69, 9.17) is 16.4 Å². The first-order chi connectivity index (χ1) is 5.34. The van der Waals surface area contributed by atoms with Gasteiger partial charge in [0.15, 0.2) is 0 Å². The predicted octanol–water partition coefficient (Wildman–Crippen LogP) is 1.20. The van der Waals surface area contributed by atoms with Crippen LogP contribution in [0, 0.1) is 5.92 Å². The van der Waals surface area contributed by atoms with Gasteiger partial charge in [-0.3, -0.25) is 9.63 Å². The Labute approximate surface area is 70.3 Å². The molecule has 0 radical (unpaired) electrons. The second kappa shape index (κ2) is 4.36. The van der Waals surface area contributed by atoms with Crippen molar-refractivity contribution in [1.29, 1.82) is 0 Å². The maximum absolute atomic E-state index is 10.9. The summed E-state index contributed by atoms with van der Waals surface area (Å²) in [5.41, 5.74) is 3.68. The molecular weight excluding hydrogens is 166 g/mol. The van der Waals surface area contributed by atoms with Crippen LogP contribution in [0.4, 0.5) is 0 Å². The summed E-state index contributed by atoms with van der Waals surface area (Å²) in [7, 11) is 0. The number of hydroxylamine groups is 1. The third-order valence-corrected chi connectivity index (χ3v) is 1.57. The van der Waals surface area contributed by atoms with E-state index >= 15 is 0 Å². The van der Waals surface area contributed by atoms with Crippen molar-refractivity contribution in [2.45, 2.75) is 12.8 Å². The van der Waals surface area contributed by atoms with Gasteiger partial charge in [-0.15, -0.1) is 0 Å². The molecule has 1 N–H and O–H groups in total. The molecular formula is C7H10ClNO2. The van der Waals surface area contributed by atoms with Crippen LogP contribution in [-0.4, -0.2) is 12.5 Å². The molecule has 0 saturated heterocycles. The summed E-state index contributed by atoms with van der Waals surface area (Å²) < 4.78 is 0. The lowest BCUT2D eigenvalue weighted by molar-refractivity contribution is -0.133. The first kappa shape index (κ1) is 8.56. The molecule has 0 spiro atoms. The number of carbonyl (C=O) groups excluding carboxylic acids is 1. The molecule has 0 atom stereocenters. The second-order valence-corrected chi connectivity index (χ2v) is 2.67. The van der Waals surface area contributed by atoms with Crippen LogP contribution in [0.25, 0.3) is 0 Å². The molecule has 1 fully saturated rings. The number of halogens is 1. The minimum absolute atomic E-state index is 0.0204. The van der Waals surface area contributed by atoms with Gasteiger partial charge < -0.3 is 0 Å². The van der Waals surface area contributed by atoms with E-state index in [0.717, 1.165) is 12.8 Å². The van der Waals surface area contributed by atoms with E-state index in [1.54, 1.807) is 6.08 Å². The van der Waals surface area contributed by atoms with Crippen LogP contribution in [0.2, 0.25) is 0 Å². The van der Waals surface area contributed by atoms with Gasteiger partial charge in [-0.25, -0.2) is 5.48 Å². The Balaban J connectivity index is 1.97. The zero-order valence-corrected chi connectivity index (χ0v) is 6.80. The Morgan fingerprint density at radius 3 is 3.00 bits per heavy atom. The van der Waals surface area contributed by atoms with Gasteiger partial charge in [0.05, 0.1) is 6.61 Å². The Kier molecular flexibility index (Phi) is 3.39. The predicted molar refractivity (Wildman–Crippen MR) is 41.8 cm³/mol. The summed E-state index contributed by atoms with van der Waals surface area (Å²) in [6.07, 6.45) is 3.58. The average molecular weight is 176 g/mol. The molecule has 1 rings (SSSR count). The van der Waals surface area contributed by atoms with Gasteiger partial charge in [-0.2, -0.15) is 0 Å². The normalized spacial score (nSPS) is 17.2. The van der Waals surface area contributed by atoms with Crippen molar-refractivity contribution in [3.8, 4) is 0 Å². The van der Waals surface area contributed by atoms with E-state index in [1.807, 2.05) is 0 Å². The fraction of sp³-hybridized carbons (Fsp3) is 0.571. The molecule has 1 amide bonds. The Morgan fingerprint density at radius 2 is 2.45 bits per heavy atom. The highest BCUT2D eigenvalue weighted by Crippen LogP contribution is 2.28. The average Bonchev–Trinajstić information content (AvgIpc) is 2.79. The van der Waals surface area contributed by atoms with E-state index in [-0.39, 0.29) is 11.8 Å². The molecule has 1 saturated carbocycles. The lowest BCUT2D eigenvalue weighted by Crippen LogP contribution is -2.25. The fourth-order valence-electron chi connectivity index (χ4n) is 0.626. The van der Waals surface area contributed by atoms with Crippen molar-refractivity contribution in [1.82, 2.24) is 5.48 Å². The van der Waals surface area contributed by atoms with Gasteiger partial charge in [-0.1, -0.05) is 11.6 Å². The zero-order valence-electron chi connectivity index (χ0n) is 6.05. The van der Waals surface area contributed by atoms with Crippen molar-refractivity contribution in [3.63, 3.8) is 0 Å². The van der Waals surface area contributed by atoms with Gasteiger partial charge in [0.2, 0.25) is 5.91 Å². The molecule has 4 heteroatoms. The van der Waals surface area contributed by atoms with Gasteiger partial charge in [0, 0.05) is 11.5 Å². The quantitative estimate of drug-likeness (QED) is 0.515. The zero-order chi connectivity index (χ0) is 8.10. The number of carbonyl (C=O) groups is 1. The molecule has 0 aromatic rings. The standard InChI is InChI=1S/C7H10ClNO2/c8-4-1-5-11-9-7(10)6-2-3-6/h1,4,6H,2-3,5H2,(H,9,10)/b4-1+. The molecule has 0 aliphatic heterocycles. The summed E-state index contributed by atoms with van der Waals surface area (Å²) >= 11 is 5.22. The van der Waals surface area contributed by atoms with Gasteiger partial charge in [0.25, 0.3) is 0 Å². The van der Waals surface area contributed by atoms with Crippen LogP contribution in [0.1, 0.15) is 12.8 Å². The molecule has 1 aliphatic carbocycles. The molecule has 62 valence electrons. The SMILES string of the molecule is O=C(NOC/C=C/Cl)C1CC1. The second-order valence-electron chi connectivity index (χ2n) is 2.41. The van der Waals surface area contributed by atoms with Crippen LogP contribution in [-0.2, 0) is 9.63 Å². The third kappa shape index (κ3) is 3.39. The number of rotatable bonds is 4. The largest absolute Gasteiger partial charge is 0.273 e. The van der Waals surface area contributed by atoms with Crippen LogP contribution >= 0.6 is 11.6 Å². The molecule has 0 aromatic carbocycles. The monoisotopic (exact) mass is 175 g/mol. The van der Waals surface area contributed by atoms with E-state index in [1.165, 1.54) is 5.54 Å². The Morgan fingerprint density at radius 1 is 1.73 bits per heavy atom. The highest BCUT2D eigenvalue weighted by molar-refractivity contribution is 6.25. The van der Waals surface area contributed by atoms with Crippen LogP contribution in [0.3, 0.4) is 0 Å². The van der Waals surface area contributed by atoms with Gasteiger partial charge in [-0.05, 0) is 18.9 Å². The molecule has 0 heterocycles. The lowest BCUT2D eigenvalue weighted by Gasteiger charge is -2.00. The minimum atomic E-state index is -0.0204. The van der Waals surface area contributed by atoms with Crippen molar-refractivity contribution >= 4 is 17.5 Å². The van der Waals surface area contributed by atoms with Gasteiger partial charge >= 0.3 is 0 Å². The highest BCUT2D eigenvalue weighted by Gasteiger charge is 2.29.